The lowest BCUT2D eigenvalue weighted by molar-refractivity contribution is -0.870. The summed E-state index contributed by atoms with van der Waals surface area (Å²) in [5, 5.41) is 0. The minimum absolute atomic E-state index is 0.0350. The fourth-order valence-electron chi connectivity index (χ4n) is 5.45. The summed E-state index contributed by atoms with van der Waals surface area (Å²) in [6.07, 6.45) is 34.9. The Morgan fingerprint density at radius 1 is 0.608 bits per heavy atom. The van der Waals surface area contributed by atoms with E-state index in [-0.39, 0.29) is 26.1 Å². The summed E-state index contributed by atoms with van der Waals surface area (Å²) in [5.74, 6) is -0.870. The van der Waals surface area contributed by atoms with E-state index in [9.17, 15) is 19.0 Å². The summed E-state index contributed by atoms with van der Waals surface area (Å²) in [4.78, 5) is 37.4. The number of carbonyl (C=O) groups excluding carboxylic acids is 2. The summed E-state index contributed by atoms with van der Waals surface area (Å²) in [7, 11) is 1.15. The fraction of sp³-hybridized carbons (Fsp3) is 0.854. The van der Waals surface area contributed by atoms with Gasteiger partial charge in [0, 0.05) is 12.8 Å². The molecule has 9 nitrogen and oxygen atoms in total. The van der Waals surface area contributed by atoms with E-state index in [0.29, 0.717) is 17.4 Å². The number of phosphoric acid groups is 1. The van der Waals surface area contributed by atoms with Gasteiger partial charge in [-0.3, -0.25) is 14.2 Å². The van der Waals surface area contributed by atoms with Crippen LogP contribution in [0.25, 0.3) is 0 Å². The second-order valence-electron chi connectivity index (χ2n) is 15.0. The summed E-state index contributed by atoms with van der Waals surface area (Å²) < 4.78 is 33.8. The summed E-state index contributed by atoms with van der Waals surface area (Å²) in [5.41, 5.74) is 0. The maximum Gasteiger partial charge on any atom is 0.306 e. The number of phosphoric ester groups is 1. The highest BCUT2D eigenvalue weighted by molar-refractivity contribution is 7.45. The predicted octanol–water partition coefficient (Wildman–Crippen LogP) is 10.6. The molecule has 0 spiro atoms. The molecule has 0 radical (unpaired) electrons. The molecule has 300 valence electrons. The zero-order valence-corrected chi connectivity index (χ0v) is 34.4. The Bertz CT molecular complexity index is 933. The van der Waals surface area contributed by atoms with Gasteiger partial charge in [0.1, 0.15) is 19.8 Å². The summed E-state index contributed by atoms with van der Waals surface area (Å²) >= 11 is 0. The van der Waals surface area contributed by atoms with Crippen molar-refractivity contribution in [2.45, 2.75) is 180 Å². The number of ether oxygens (including phenoxy) is 2. The molecule has 0 aliphatic rings. The number of carbonyl (C=O) groups is 2. The van der Waals surface area contributed by atoms with Gasteiger partial charge in [0.05, 0.1) is 27.7 Å². The molecule has 51 heavy (non-hydrogen) atoms. The average molecular weight is 744 g/mol. The zero-order valence-electron chi connectivity index (χ0n) is 33.6. The highest BCUT2D eigenvalue weighted by Crippen LogP contribution is 2.38. The van der Waals surface area contributed by atoms with Crippen LogP contribution < -0.4 is 4.89 Å². The van der Waals surface area contributed by atoms with Gasteiger partial charge in [0.2, 0.25) is 0 Å². The average Bonchev–Trinajstić information content (AvgIpc) is 3.07. The zero-order chi connectivity index (χ0) is 37.9. The van der Waals surface area contributed by atoms with Gasteiger partial charge >= 0.3 is 11.9 Å². The molecule has 0 fully saturated rings. The number of allylic oxidation sites excluding steroid dienone is 4. The molecule has 0 bridgehead atoms. The van der Waals surface area contributed by atoms with Crippen molar-refractivity contribution in [2.75, 3.05) is 47.5 Å². The first kappa shape index (κ1) is 49.5. The fourth-order valence-corrected chi connectivity index (χ4v) is 6.18. The number of unbranched alkanes of at least 4 members (excludes halogenated alkanes) is 19. The number of quaternary nitrogens is 1. The Balaban J connectivity index is 4.46. The van der Waals surface area contributed by atoms with Crippen molar-refractivity contribution in [3.8, 4) is 0 Å². The Kier molecular flexibility index (Phi) is 33.3. The van der Waals surface area contributed by atoms with Gasteiger partial charge < -0.3 is 27.9 Å². The van der Waals surface area contributed by atoms with Gasteiger partial charge in [0.25, 0.3) is 7.82 Å². The molecule has 0 aromatic heterocycles. The third-order valence-corrected chi connectivity index (χ3v) is 9.69. The lowest BCUT2D eigenvalue weighted by Crippen LogP contribution is -2.37. The molecule has 0 saturated heterocycles. The monoisotopic (exact) mass is 744 g/mol. The number of esters is 2. The molecule has 0 N–H and O–H groups in total. The minimum atomic E-state index is -4.62. The number of hydrogen-bond acceptors (Lipinski definition) is 8. The first-order valence-corrected chi connectivity index (χ1v) is 22.0. The lowest BCUT2D eigenvalue weighted by atomic mass is 10.0. The summed E-state index contributed by atoms with van der Waals surface area (Å²) in [6.45, 7) is 4.17. The van der Waals surface area contributed by atoms with E-state index in [2.05, 4.69) is 38.2 Å². The van der Waals surface area contributed by atoms with Gasteiger partial charge in [-0.25, -0.2) is 0 Å². The minimum Gasteiger partial charge on any atom is -0.756 e. The van der Waals surface area contributed by atoms with Crippen LogP contribution in [-0.4, -0.2) is 70.0 Å². The molecule has 0 aliphatic carbocycles. The van der Waals surface area contributed by atoms with E-state index >= 15 is 0 Å². The molecule has 0 aromatic rings. The van der Waals surface area contributed by atoms with E-state index in [4.69, 9.17) is 18.5 Å². The van der Waals surface area contributed by atoms with E-state index in [0.717, 1.165) is 44.9 Å². The molecule has 2 atom stereocenters. The van der Waals surface area contributed by atoms with Gasteiger partial charge in [-0.2, -0.15) is 0 Å². The number of nitrogens with zero attached hydrogens (tertiary/aromatic N) is 1. The second-order valence-corrected chi connectivity index (χ2v) is 16.4. The van der Waals surface area contributed by atoms with Crippen LogP contribution in [0.5, 0.6) is 0 Å². The van der Waals surface area contributed by atoms with E-state index in [1.54, 1.807) is 0 Å². The van der Waals surface area contributed by atoms with Crippen LogP contribution in [-0.2, 0) is 32.7 Å². The van der Waals surface area contributed by atoms with E-state index < -0.39 is 32.5 Å². The Morgan fingerprint density at radius 2 is 1.06 bits per heavy atom. The molecule has 0 aliphatic heterocycles. The quantitative estimate of drug-likeness (QED) is 0.0203. The van der Waals surface area contributed by atoms with Crippen molar-refractivity contribution in [3.63, 3.8) is 0 Å². The molecule has 0 aromatic carbocycles. The number of hydrogen-bond donors (Lipinski definition) is 0. The van der Waals surface area contributed by atoms with Crippen molar-refractivity contribution >= 4 is 19.8 Å². The third-order valence-electron chi connectivity index (χ3n) is 8.72. The Labute approximate surface area is 313 Å². The largest absolute Gasteiger partial charge is 0.756 e. The van der Waals surface area contributed by atoms with Crippen molar-refractivity contribution < 1.29 is 42.1 Å². The molecule has 0 rings (SSSR count). The third kappa shape index (κ3) is 38.0. The predicted molar refractivity (Wildman–Crippen MR) is 208 cm³/mol. The van der Waals surface area contributed by atoms with Gasteiger partial charge in [-0.1, -0.05) is 141 Å². The first-order chi connectivity index (χ1) is 24.5. The van der Waals surface area contributed by atoms with Crippen LogP contribution in [0.3, 0.4) is 0 Å². The SMILES string of the molecule is CCCCCCCC/C=C/C/C=C/CCCCC(=O)O[C@H](COC(=O)CCCCCCCCCCCCCC)COP(=O)([O-])OCC[N+](C)(C)C. The molecule has 1 unspecified atom stereocenters. The molecule has 0 heterocycles. The maximum atomic E-state index is 12.6. The molecule has 10 heteroatoms. The molecular weight excluding hydrogens is 665 g/mol. The van der Waals surface area contributed by atoms with Crippen LogP contribution in [0.2, 0.25) is 0 Å². The molecule has 0 saturated carbocycles. The molecular formula is C41H78NO8P. The topological polar surface area (TPSA) is 111 Å². The normalized spacial score (nSPS) is 13.9. The van der Waals surface area contributed by atoms with Crippen molar-refractivity contribution in [3.05, 3.63) is 24.3 Å². The highest BCUT2D eigenvalue weighted by atomic mass is 31.2. The van der Waals surface area contributed by atoms with Crippen LogP contribution in [0.15, 0.2) is 24.3 Å². The smallest absolute Gasteiger partial charge is 0.306 e. The maximum absolute atomic E-state index is 12.6. The van der Waals surface area contributed by atoms with E-state index in [1.807, 2.05) is 21.1 Å². The van der Waals surface area contributed by atoms with E-state index in [1.165, 1.54) is 96.3 Å². The van der Waals surface area contributed by atoms with Crippen LogP contribution in [0.1, 0.15) is 174 Å². The standard InChI is InChI=1S/C41H78NO8P/c1-6-8-10-12-14-16-18-20-21-22-24-26-28-30-32-34-41(44)50-39(38-49-51(45,46)48-36-35-42(3,4)5)37-47-40(43)33-31-29-27-25-23-19-17-15-13-11-9-7-2/h20-21,24,26,39H,6-19,22-23,25,27-38H2,1-5H3/b21-20+,26-24+/t39-/m1/s1. The second kappa shape index (κ2) is 34.3. The van der Waals surface area contributed by atoms with Crippen LogP contribution in [0.4, 0.5) is 0 Å². The first-order valence-electron chi connectivity index (χ1n) is 20.5. The lowest BCUT2D eigenvalue weighted by Gasteiger charge is -2.28. The summed E-state index contributed by atoms with van der Waals surface area (Å²) in [6, 6.07) is 0. The van der Waals surface area contributed by atoms with Crippen molar-refractivity contribution in [1.29, 1.82) is 0 Å². The van der Waals surface area contributed by atoms with Gasteiger partial charge in [-0.15, -0.1) is 0 Å². The number of rotatable bonds is 37. The Morgan fingerprint density at radius 3 is 1.59 bits per heavy atom. The van der Waals surface area contributed by atoms with Crippen molar-refractivity contribution in [1.82, 2.24) is 0 Å². The van der Waals surface area contributed by atoms with Gasteiger partial charge in [-0.05, 0) is 44.9 Å². The Hall–Kier alpha value is -1.51. The van der Waals surface area contributed by atoms with Crippen molar-refractivity contribution in [2.24, 2.45) is 0 Å². The highest BCUT2D eigenvalue weighted by Gasteiger charge is 2.21. The van der Waals surface area contributed by atoms with Crippen LogP contribution in [0, 0.1) is 0 Å². The number of likely N-dealkylation sites (N-methyl/N-ethyl adjacent to an activating group) is 1. The molecule has 0 amide bonds. The van der Waals surface area contributed by atoms with Crippen LogP contribution >= 0.6 is 7.82 Å². The van der Waals surface area contributed by atoms with Gasteiger partial charge in [0.15, 0.2) is 6.10 Å².